The van der Waals surface area contributed by atoms with Crippen molar-refractivity contribution in [2.45, 2.75) is 33.1 Å². The second-order valence-electron chi connectivity index (χ2n) is 7.75. The highest BCUT2D eigenvalue weighted by molar-refractivity contribution is 6.24. The van der Waals surface area contributed by atoms with Gasteiger partial charge in [-0.25, -0.2) is 0 Å². The lowest BCUT2D eigenvalue weighted by Crippen LogP contribution is -2.15. The summed E-state index contributed by atoms with van der Waals surface area (Å²) >= 11 is 0. The van der Waals surface area contributed by atoms with E-state index < -0.39 is 5.92 Å². The zero-order chi connectivity index (χ0) is 20.5. The summed E-state index contributed by atoms with van der Waals surface area (Å²) in [6, 6.07) is 18.1. The highest BCUT2D eigenvalue weighted by Crippen LogP contribution is 2.37. The van der Waals surface area contributed by atoms with Crippen LogP contribution in [0.2, 0.25) is 0 Å². The minimum absolute atomic E-state index is 0.0357. The Balaban J connectivity index is 1.71. The van der Waals surface area contributed by atoms with Crippen molar-refractivity contribution >= 4 is 17.6 Å². The fourth-order valence-corrected chi connectivity index (χ4v) is 4.11. The van der Waals surface area contributed by atoms with E-state index in [0.29, 0.717) is 11.3 Å². The van der Waals surface area contributed by atoms with Crippen LogP contribution >= 0.6 is 0 Å². The van der Waals surface area contributed by atoms with Gasteiger partial charge in [0.25, 0.3) is 0 Å². The lowest BCUT2D eigenvalue weighted by Gasteiger charge is -2.16. The highest BCUT2D eigenvalue weighted by Gasteiger charge is 2.39. The van der Waals surface area contributed by atoms with Gasteiger partial charge in [0.2, 0.25) is 0 Å². The summed E-state index contributed by atoms with van der Waals surface area (Å²) in [5, 5.41) is 0. The van der Waals surface area contributed by atoms with Crippen LogP contribution in [0.5, 0.6) is 0 Å². The van der Waals surface area contributed by atoms with Crippen LogP contribution in [0.25, 0.3) is 17.2 Å². The number of ketones is 2. The van der Waals surface area contributed by atoms with Crippen LogP contribution in [-0.2, 0) is 9.59 Å². The van der Waals surface area contributed by atoms with E-state index in [-0.39, 0.29) is 18.0 Å². The second-order valence-corrected chi connectivity index (χ2v) is 7.75. The van der Waals surface area contributed by atoms with Crippen LogP contribution in [0.3, 0.4) is 0 Å². The molecule has 0 N–H and O–H groups in total. The van der Waals surface area contributed by atoms with E-state index in [0.717, 1.165) is 27.8 Å². The Bertz CT molecular complexity index is 1100. The van der Waals surface area contributed by atoms with Gasteiger partial charge in [0.05, 0.1) is 5.69 Å². The average Bonchev–Trinajstić information content (AvgIpc) is 2.96. The van der Waals surface area contributed by atoms with E-state index in [1.54, 1.807) is 12.3 Å². The number of allylic oxidation sites excluding steroid dienone is 1. The first-order valence-corrected chi connectivity index (χ1v) is 9.81. The van der Waals surface area contributed by atoms with Gasteiger partial charge in [-0.15, -0.1) is 0 Å². The van der Waals surface area contributed by atoms with Crippen LogP contribution in [0.15, 0.2) is 66.4 Å². The van der Waals surface area contributed by atoms with Crippen LogP contribution in [0, 0.1) is 20.8 Å². The normalized spacial score (nSPS) is 17.9. The molecule has 1 atom stereocenters. The molecule has 3 heteroatoms. The van der Waals surface area contributed by atoms with Gasteiger partial charge in [0, 0.05) is 18.2 Å². The maximum atomic E-state index is 13.1. The van der Waals surface area contributed by atoms with Crippen LogP contribution < -0.4 is 0 Å². The Labute approximate surface area is 171 Å². The van der Waals surface area contributed by atoms with Gasteiger partial charge < -0.3 is 0 Å². The van der Waals surface area contributed by atoms with Crippen molar-refractivity contribution in [1.82, 2.24) is 4.98 Å². The first-order valence-electron chi connectivity index (χ1n) is 9.81. The topological polar surface area (TPSA) is 47.0 Å². The van der Waals surface area contributed by atoms with Gasteiger partial charge >= 0.3 is 0 Å². The molecule has 0 amide bonds. The SMILES string of the molecule is Cc1ccc(-c2cc(C)c(C3C(=O)CC(=Cc4ccccn4)C3=O)c(C)c2)cc1. The number of carbonyl (C=O) groups is 2. The number of nitrogens with zero attached hydrogens (tertiary/aromatic N) is 1. The Hall–Kier alpha value is -3.33. The highest BCUT2D eigenvalue weighted by atomic mass is 16.2. The largest absolute Gasteiger partial charge is 0.298 e. The van der Waals surface area contributed by atoms with E-state index in [1.807, 2.05) is 32.0 Å². The molecule has 3 aromatic rings. The monoisotopic (exact) mass is 381 g/mol. The molecule has 1 saturated carbocycles. The molecule has 1 aliphatic rings. The Morgan fingerprint density at radius 2 is 1.59 bits per heavy atom. The molecule has 29 heavy (non-hydrogen) atoms. The molecule has 0 bridgehead atoms. The fourth-order valence-electron chi connectivity index (χ4n) is 4.11. The number of Topliss-reactive ketones (excluding diaryl/α,β-unsaturated/α-hetero) is 2. The number of rotatable bonds is 3. The van der Waals surface area contributed by atoms with Gasteiger partial charge in [0.15, 0.2) is 11.6 Å². The summed E-state index contributed by atoms with van der Waals surface area (Å²) in [5.74, 6) is -0.849. The Morgan fingerprint density at radius 1 is 0.897 bits per heavy atom. The third-order valence-electron chi connectivity index (χ3n) is 5.54. The standard InChI is InChI=1S/C26H23NO2/c1-16-7-9-19(10-8-16)20-12-17(2)24(18(3)13-20)25-23(28)15-21(26(25)29)14-22-6-4-5-11-27-22/h4-14,25H,15H2,1-3H3. The Morgan fingerprint density at radius 3 is 2.21 bits per heavy atom. The third kappa shape index (κ3) is 3.68. The summed E-state index contributed by atoms with van der Waals surface area (Å²) in [5.41, 5.74) is 7.50. The molecule has 144 valence electrons. The molecule has 1 heterocycles. The van der Waals surface area contributed by atoms with Crippen LogP contribution in [0.4, 0.5) is 0 Å². The average molecular weight is 381 g/mol. The zero-order valence-corrected chi connectivity index (χ0v) is 16.9. The molecular formula is C26H23NO2. The van der Waals surface area contributed by atoms with Gasteiger partial charge in [-0.3, -0.25) is 14.6 Å². The number of hydrogen-bond donors (Lipinski definition) is 0. The molecule has 1 aliphatic carbocycles. The minimum atomic E-state index is -0.711. The first-order chi connectivity index (χ1) is 13.9. The predicted octanol–water partition coefficient (Wildman–Crippen LogP) is 5.38. The van der Waals surface area contributed by atoms with Crippen molar-refractivity contribution < 1.29 is 9.59 Å². The van der Waals surface area contributed by atoms with Crippen molar-refractivity contribution in [3.63, 3.8) is 0 Å². The number of hydrogen-bond acceptors (Lipinski definition) is 3. The molecule has 1 unspecified atom stereocenters. The van der Waals surface area contributed by atoms with Crippen molar-refractivity contribution in [2.24, 2.45) is 0 Å². The number of carbonyl (C=O) groups excluding carboxylic acids is 2. The summed E-state index contributed by atoms with van der Waals surface area (Å²) in [4.78, 5) is 30.1. The molecule has 0 saturated heterocycles. The van der Waals surface area contributed by atoms with Crippen LogP contribution in [-0.4, -0.2) is 16.6 Å². The maximum Gasteiger partial charge on any atom is 0.174 e. The number of benzene rings is 2. The minimum Gasteiger partial charge on any atom is -0.298 e. The number of aromatic nitrogens is 1. The smallest absolute Gasteiger partial charge is 0.174 e. The molecular weight excluding hydrogens is 358 g/mol. The molecule has 0 radical (unpaired) electrons. The predicted molar refractivity (Wildman–Crippen MR) is 116 cm³/mol. The lowest BCUT2D eigenvalue weighted by atomic mass is 9.86. The lowest BCUT2D eigenvalue weighted by molar-refractivity contribution is -0.123. The number of pyridine rings is 1. The zero-order valence-electron chi connectivity index (χ0n) is 16.9. The van der Waals surface area contributed by atoms with Crippen molar-refractivity contribution in [2.75, 3.05) is 0 Å². The summed E-state index contributed by atoms with van der Waals surface area (Å²) < 4.78 is 0. The first kappa shape index (κ1) is 19.0. The van der Waals surface area contributed by atoms with Gasteiger partial charge in [-0.2, -0.15) is 0 Å². The van der Waals surface area contributed by atoms with E-state index in [1.165, 1.54) is 5.56 Å². The number of aryl methyl sites for hydroxylation is 3. The van der Waals surface area contributed by atoms with Crippen molar-refractivity contribution in [1.29, 1.82) is 0 Å². The molecule has 1 aromatic heterocycles. The van der Waals surface area contributed by atoms with Gasteiger partial charge in [-0.05, 0) is 66.8 Å². The van der Waals surface area contributed by atoms with E-state index >= 15 is 0 Å². The van der Waals surface area contributed by atoms with E-state index in [2.05, 4.69) is 48.3 Å². The van der Waals surface area contributed by atoms with E-state index in [4.69, 9.17) is 0 Å². The van der Waals surface area contributed by atoms with E-state index in [9.17, 15) is 9.59 Å². The van der Waals surface area contributed by atoms with Gasteiger partial charge in [0.1, 0.15) is 5.92 Å². The molecule has 0 spiro atoms. The van der Waals surface area contributed by atoms with Crippen LogP contribution in [0.1, 0.15) is 40.3 Å². The van der Waals surface area contributed by atoms with Gasteiger partial charge in [-0.1, -0.05) is 48.0 Å². The summed E-state index contributed by atoms with van der Waals surface area (Å²) in [6.07, 6.45) is 3.59. The van der Waals surface area contributed by atoms with Crippen molar-refractivity contribution in [3.8, 4) is 11.1 Å². The second kappa shape index (κ2) is 7.59. The molecule has 3 nitrogen and oxygen atoms in total. The molecule has 1 fully saturated rings. The fraction of sp³-hybridized carbons (Fsp3) is 0.192. The molecule has 4 rings (SSSR count). The summed E-state index contributed by atoms with van der Waals surface area (Å²) in [6.45, 7) is 6.04. The third-order valence-corrected chi connectivity index (χ3v) is 5.54. The van der Waals surface area contributed by atoms with Crippen molar-refractivity contribution in [3.05, 3.63) is 94.3 Å². The summed E-state index contributed by atoms with van der Waals surface area (Å²) in [7, 11) is 0. The Kier molecular flexibility index (Phi) is 4.98. The molecule has 0 aliphatic heterocycles. The molecule has 2 aromatic carbocycles. The maximum absolute atomic E-state index is 13.1. The quantitative estimate of drug-likeness (QED) is 0.452.